The van der Waals surface area contributed by atoms with Crippen LogP contribution < -0.4 is 0 Å². The zero-order valence-electron chi connectivity index (χ0n) is 9.73. The number of likely N-dealkylation sites (tertiary alicyclic amines) is 1. The molecule has 0 spiro atoms. The van der Waals surface area contributed by atoms with Gasteiger partial charge < -0.3 is 0 Å². The summed E-state index contributed by atoms with van der Waals surface area (Å²) in [6.07, 6.45) is 2.05. The van der Waals surface area contributed by atoms with Gasteiger partial charge in [-0.2, -0.15) is 5.26 Å². The first-order valence-corrected chi connectivity index (χ1v) is 5.55. The van der Waals surface area contributed by atoms with Crippen molar-refractivity contribution in [3.8, 4) is 6.07 Å². The third-order valence-corrected chi connectivity index (χ3v) is 3.17. The van der Waals surface area contributed by atoms with E-state index in [0.717, 1.165) is 43.9 Å². The Labute approximate surface area is 95.0 Å². The van der Waals surface area contributed by atoms with Crippen LogP contribution in [0.25, 0.3) is 0 Å². The number of rotatable bonds is 2. The Kier molecular flexibility index (Phi) is 2.92. The summed E-state index contributed by atoms with van der Waals surface area (Å²) in [7, 11) is 0. The molecule has 5 heteroatoms. The quantitative estimate of drug-likeness (QED) is 0.755. The van der Waals surface area contributed by atoms with Crippen molar-refractivity contribution < 1.29 is 4.63 Å². The third kappa shape index (κ3) is 2.22. The van der Waals surface area contributed by atoms with Crippen LogP contribution in [-0.2, 0) is 6.54 Å². The van der Waals surface area contributed by atoms with Gasteiger partial charge in [-0.15, -0.1) is 0 Å². The van der Waals surface area contributed by atoms with Crippen molar-refractivity contribution in [1.29, 1.82) is 5.26 Å². The van der Waals surface area contributed by atoms with Gasteiger partial charge in [-0.05, 0) is 33.2 Å². The largest absolute Gasteiger partial charge is 0.296 e. The highest BCUT2D eigenvalue weighted by Gasteiger charge is 2.31. The topological polar surface area (TPSA) is 66.0 Å². The van der Waals surface area contributed by atoms with Gasteiger partial charge >= 0.3 is 0 Å². The third-order valence-electron chi connectivity index (χ3n) is 3.17. The first kappa shape index (κ1) is 11.1. The van der Waals surface area contributed by atoms with Crippen LogP contribution in [0.5, 0.6) is 0 Å². The van der Waals surface area contributed by atoms with Crippen LogP contribution in [0.4, 0.5) is 0 Å². The average Bonchev–Trinajstić information content (AvgIpc) is 2.65. The molecule has 1 aliphatic heterocycles. The molecule has 0 radical (unpaired) electrons. The molecular weight excluding hydrogens is 204 g/mol. The summed E-state index contributed by atoms with van der Waals surface area (Å²) in [4.78, 5) is 2.25. The minimum absolute atomic E-state index is 0.219. The van der Waals surface area contributed by atoms with Gasteiger partial charge in [0.2, 0.25) is 0 Å². The van der Waals surface area contributed by atoms with E-state index in [4.69, 9.17) is 5.26 Å². The fourth-order valence-electron chi connectivity index (χ4n) is 2.18. The van der Waals surface area contributed by atoms with E-state index in [2.05, 4.69) is 25.9 Å². The molecule has 16 heavy (non-hydrogen) atoms. The Balaban J connectivity index is 2.02. The number of piperidine rings is 1. The van der Waals surface area contributed by atoms with Crippen LogP contribution in [0.2, 0.25) is 0 Å². The molecule has 1 aliphatic rings. The second kappa shape index (κ2) is 4.22. The van der Waals surface area contributed by atoms with E-state index in [0.29, 0.717) is 0 Å². The van der Waals surface area contributed by atoms with Gasteiger partial charge in [-0.25, -0.2) is 4.63 Å². The lowest BCUT2D eigenvalue weighted by atomic mass is 9.83. The SMILES string of the molecule is Cc1nonc1CN1CCCC(C)(C#N)C1. The highest BCUT2D eigenvalue weighted by molar-refractivity contribution is 5.06. The van der Waals surface area contributed by atoms with E-state index in [-0.39, 0.29) is 5.41 Å². The number of nitrogens with zero attached hydrogens (tertiary/aromatic N) is 4. The van der Waals surface area contributed by atoms with Crippen LogP contribution in [0.3, 0.4) is 0 Å². The van der Waals surface area contributed by atoms with Gasteiger partial charge in [0.25, 0.3) is 0 Å². The van der Waals surface area contributed by atoms with Crippen molar-refractivity contribution in [2.45, 2.75) is 33.2 Å². The molecule has 0 N–H and O–H groups in total. The molecule has 0 saturated carbocycles. The maximum atomic E-state index is 9.13. The highest BCUT2D eigenvalue weighted by Crippen LogP contribution is 2.29. The van der Waals surface area contributed by atoms with E-state index < -0.39 is 0 Å². The van der Waals surface area contributed by atoms with Gasteiger partial charge in [0.05, 0.1) is 11.5 Å². The molecule has 1 aromatic rings. The van der Waals surface area contributed by atoms with Crippen molar-refractivity contribution in [1.82, 2.24) is 15.2 Å². The van der Waals surface area contributed by atoms with Crippen molar-refractivity contribution in [3.05, 3.63) is 11.4 Å². The van der Waals surface area contributed by atoms with Crippen molar-refractivity contribution in [3.63, 3.8) is 0 Å². The summed E-state index contributed by atoms with van der Waals surface area (Å²) in [5, 5.41) is 16.8. The molecule has 1 aromatic heterocycles. The minimum Gasteiger partial charge on any atom is -0.296 e. The van der Waals surface area contributed by atoms with Crippen LogP contribution in [0.1, 0.15) is 31.2 Å². The van der Waals surface area contributed by atoms with E-state index in [1.165, 1.54) is 0 Å². The lowest BCUT2D eigenvalue weighted by Gasteiger charge is -2.35. The van der Waals surface area contributed by atoms with E-state index >= 15 is 0 Å². The van der Waals surface area contributed by atoms with Crippen LogP contribution in [-0.4, -0.2) is 28.3 Å². The Morgan fingerprint density at radius 3 is 3.00 bits per heavy atom. The predicted molar refractivity (Wildman–Crippen MR) is 57.3 cm³/mol. The molecule has 2 heterocycles. The molecule has 0 amide bonds. The first-order chi connectivity index (χ1) is 7.63. The van der Waals surface area contributed by atoms with Crippen molar-refractivity contribution in [2.75, 3.05) is 13.1 Å². The number of hydrogen-bond acceptors (Lipinski definition) is 5. The van der Waals surface area contributed by atoms with Gasteiger partial charge in [0, 0.05) is 13.1 Å². The average molecular weight is 220 g/mol. The molecule has 0 aromatic carbocycles. The number of nitriles is 1. The van der Waals surface area contributed by atoms with Crippen molar-refractivity contribution >= 4 is 0 Å². The van der Waals surface area contributed by atoms with Crippen molar-refractivity contribution in [2.24, 2.45) is 5.41 Å². The summed E-state index contributed by atoms with van der Waals surface area (Å²) in [5.74, 6) is 0. The summed E-state index contributed by atoms with van der Waals surface area (Å²) >= 11 is 0. The van der Waals surface area contributed by atoms with Gasteiger partial charge in [0.1, 0.15) is 11.4 Å². The predicted octanol–water partition coefficient (Wildman–Crippen LogP) is 1.50. The highest BCUT2D eigenvalue weighted by atomic mass is 16.6. The zero-order chi connectivity index (χ0) is 11.6. The Morgan fingerprint density at radius 2 is 2.38 bits per heavy atom. The first-order valence-electron chi connectivity index (χ1n) is 5.55. The fraction of sp³-hybridized carbons (Fsp3) is 0.727. The monoisotopic (exact) mass is 220 g/mol. The van der Waals surface area contributed by atoms with Gasteiger partial charge in [-0.1, -0.05) is 10.3 Å². The molecule has 5 nitrogen and oxygen atoms in total. The second-order valence-electron chi connectivity index (χ2n) is 4.78. The molecule has 0 bridgehead atoms. The summed E-state index contributed by atoms with van der Waals surface area (Å²) in [6.45, 7) is 6.46. The second-order valence-corrected chi connectivity index (χ2v) is 4.78. The Morgan fingerprint density at radius 1 is 1.56 bits per heavy atom. The van der Waals surface area contributed by atoms with Gasteiger partial charge in [-0.3, -0.25) is 4.90 Å². The van der Waals surface area contributed by atoms with E-state index in [1.807, 2.05) is 13.8 Å². The van der Waals surface area contributed by atoms with Crippen LogP contribution in [0, 0.1) is 23.7 Å². The molecule has 1 fully saturated rings. The van der Waals surface area contributed by atoms with Crippen LogP contribution in [0.15, 0.2) is 4.63 Å². The van der Waals surface area contributed by atoms with E-state index in [1.54, 1.807) is 0 Å². The fourth-order valence-corrected chi connectivity index (χ4v) is 2.18. The Hall–Kier alpha value is -1.41. The number of hydrogen-bond donors (Lipinski definition) is 0. The number of aromatic nitrogens is 2. The minimum atomic E-state index is -0.219. The molecule has 1 atom stereocenters. The normalized spacial score (nSPS) is 26.6. The van der Waals surface area contributed by atoms with E-state index in [9.17, 15) is 0 Å². The molecule has 2 rings (SSSR count). The standard InChI is InChI=1S/C11H16N4O/c1-9-10(14-16-13-9)6-15-5-3-4-11(2,7-12)8-15/h3-6,8H2,1-2H3. The summed E-state index contributed by atoms with van der Waals surface area (Å²) in [6, 6.07) is 2.40. The molecular formula is C11H16N4O. The Bertz CT molecular complexity index is 408. The zero-order valence-corrected chi connectivity index (χ0v) is 9.73. The smallest absolute Gasteiger partial charge is 0.122 e. The molecule has 0 aliphatic carbocycles. The molecule has 1 unspecified atom stereocenters. The maximum absolute atomic E-state index is 9.13. The lowest BCUT2D eigenvalue weighted by Crippen LogP contribution is -2.40. The lowest BCUT2D eigenvalue weighted by molar-refractivity contribution is 0.133. The molecule has 86 valence electrons. The number of aryl methyl sites for hydroxylation is 1. The maximum Gasteiger partial charge on any atom is 0.122 e. The summed E-state index contributed by atoms with van der Waals surface area (Å²) in [5.41, 5.74) is 1.50. The molecule has 1 saturated heterocycles. The van der Waals surface area contributed by atoms with Crippen LogP contribution >= 0.6 is 0 Å². The summed E-state index contributed by atoms with van der Waals surface area (Å²) < 4.78 is 4.67. The van der Waals surface area contributed by atoms with Gasteiger partial charge in [0.15, 0.2) is 0 Å².